The molecule has 2 heterocycles. The SMILES string of the molecule is CCOc1ccc(-c2noc(C3CCN(C(=O)OC(C)(C)C)CC3)n2)cc1OC. The van der Waals surface area contributed by atoms with Crippen LogP contribution in [0.2, 0.25) is 0 Å². The van der Waals surface area contributed by atoms with E-state index in [4.69, 9.17) is 18.7 Å². The van der Waals surface area contributed by atoms with Crippen molar-refractivity contribution in [3.63, 3.8) is 0 Å². The predicted octanol–water partition coefficient (Wildman–Crippen LogP) is 4.26. The molecule has 1 aliphatic rings. The van der Waals surface area contributed by atoms with Gasteiger partial charge in [-0.2, -0.15) is 4.98 Å². The molecule has 3 rings (SSSR count). The first-order valence-electron chi connectivity index (χ1n) is 9.93. The van der Waals surface area contributed by atoms with Crippen LogP contribution in [0.25, 0.3) is 11.4 Å². The van der Waals surface area contributed by atoms with Gasteiger partial charge in [-0.25, -0.2) is 4.79 Å². The summed E-state index contributed by atoms with van der Waals surface area (Å²) in [5.41, 5.74) is 0.306. The van der Waals surface area contributed by atoms with Gasteiger partial charge in [-0.3, -0.25) is 0 Å². The third-order valence-corrected chi connectivity index (χ3v) is 4.66. The van der Waals surface area contributed by atoms with E-state index < -0.39 is 5.60 Å². The lowest BCUT2D eigenvalue weighted by Crippen LogP contribution is -2.41. The summed E-state index contributed by atoms with van der Waals surface area (Å²) in [6.07, 6.45) is 1.24. The van der Waals surface area contributed by atoms with Crippen LogP contribution in [0.5, 0.6) is 11.5 Å². The number of rotatable bonds is 5. The predicted molar refractivity (Wildman–Crippen MR) is 107 cm³/mol. The largest absolute Gasteiger partial charge is 0.493 e. The van der Waals surface area contributed by atoms with Gasteiger partial charge in [0.2, 0.25) is 11.7 Å². The molecule has 0 unspecified atom stereocenters. The van der Waals surface area contributed by atoms with Gasteiger partial charge in [-0.05, 0) is 58.7 Å². The molecule has 158 valence electrons. The van der Waals surface area contributed by atoms with Crippen LogP contribution < -0.4 is 9.47 Å². The molecular weight excluding hydrogens is 374 g/mol. The monoisotopic (exact) mass is 403 g/mol. The van der Waals surface area contributed by atoms with Crippen LogP contribution in [0.1, 0.15) is 52.3 Å². The van der Waals surface area contributed by atoms with E-state index in [9.17, 15) is 4.79 Å². The number of carbonyl (C=O) groups excluding carboxylic acids is 1. The Morgan fingerprint density at radius 2 is 1.97 bits per heavy atom. The molecule has 1 aromatic carbocycles. The van der Waals surface area contributed by atoms with E-state index in [2.05, 4.69) is 10.1 Å². The third kappa shape index (κ3) is 5.19. The number of nitrogens with zero attached hydrogens (tertiary/aromatic N) is 3. The molecule has 0 saturated carbocycles. The third-order valence-electron chi connectivity index (χ3n) is 4.66. The number of aromatic nitrogens is 2. The van der Waals surface area contributed by atoms with Gasteiger partial charge < -0.3 is 23.6 Å². The summed E-state index contributed by atoms with van der Waals surface area (Å²) in [4.78, 5) is 18.5. The number of methoxy groups -OCH3 is 1. The molecule has 0 spiro atoms. The number of likely N-dealkylation sites (tertiary alicyclic amines) is 1. The van der Waals surface area contributed by atoms with Crippen LogP contribution in [-0.2, 0) is 4.74 Å². The summed E-state index contributed by atoms with van der Waals surface area (Å²) in [6, 6.07) is 5.56. The van der Waals surface area contributed by atoms with E-state index in [0.29, 0.717) is 42.9 Å². The molecule has 0 atom stereocenters. The number of ether oxygens (including phenoxy) is 3. The highest BCUT2D eigenvalue weighted by Crippen LogP contribution is 2.33. The maximum absolute atomic E-state index is 12.2. The number of hydrogen-bond acceptors (Lipinski definition) is 7. The van der Waals surface area contributed by atoms with Gasteiger partial charge in [0.05, 0.1) is 13.7 Å². The second kappa shape index (κ2) is 8.71. The van der Waals surface area contributed by atoms with Gasteiger partial charge in [0, 0.05) is 24.6 Å². The van der Waals surface area contributed by atoms with Gasteiger partial charge in [0.1, 0.15) is 5.60 Å². The molecule has 1 aliphatic heterocycles. The number of carbonyl (C=O) groups is 1. The Morgan fingerprint density at radius 1 is 1.24 bits per heavy atom. The topological polar surface area (TPSA) is 86.9 Å². The molecule has 0 bridgehead atoms. The molecular formula is C21H29N3O5. The zero-order valence-electron chi connectivity index (χ0n) is 17.7. The minimum absolute atomic E-state index is 0.125. The molecule has 0 N–H and O–H groups in total. The number of amides is 1. The minimum Gasteiger partial charge on any atom is -0.493 e. The van der Waals surface area contributed by atoms with Crippen molar-refractivity contribution in [2.24, 2.45) is 0 Å². The molecule has 1 amide bonds. The molecule has 0 radical (unpaired) electrons. The van der Waals surface area contributed by atoms with Crippen LogP contribution in [0.4, 0.5) is 4.79 Å². The van der Waals surface area contributed by atoms with Crippen molar-refractivity contribution < 1.29 is 23.5 Å². The second-order valence-corrected chi connectivity index (χ2v) is 8.00. The zero-order chi connectivity index (χ0) is 21.0. The van der Waals surface area contributed by atoms with Crippen molar-refractivity contribution in [2.75, 3.05) is 26.8 Å². The van der Waals surface area contributed by atoms with Gasteiger partial charge in [-0.15, -0.1) is 0 Å². The van der Waals surface area contributed by atoms with Gasteiger partial charge in [0.15, 0.2) is 11.5 Å². The standard InChI is InChI=1S/C21H29N3O5/c1-6-27-16-8-7-15(13-17(16)26-5)18-22-19(29-23-18)14-9-11-24(12-10-14)20(25)28-21(2,3)4/h7-8,13-14H,6,9-12H2,1-5H3. The van der Waals surface area contributed by atoms with Crippen LogP contribution in [0.15, 0.2) is 22.7 Å². The molecule has 2 aromatic rings. The van der Waals surface area contributed by atoms with Crippen molar-refractivity contribution in [3.8, 4) is 22.9 Å². The lowest BCUT2D eigenvalue weighted by molar-refractivity contribution is 0.0198. The quantitative estimate of drug-likeness (QED) is 0.737. The van der Waals surface area contributed by atoms with Crippen LogP contribution >= 0.6 is 0 Å². The summed E-state index contributed by atoms with van der Waals surface area (Å²) >= 11 is 0. The maximum Gasteiger partial charge on any atom is 0.410 e. The normalized spacial score (nSPS) is 15.3. The maximum atomic E-state index is 12.2. The lowest BCUT2D eigenvalue weighted by atomic mass is 9.97. The Labute approximate surface area is 171 Å². The van der Waals surface area contributed by atoms with E-state index in [-0.39, 0.29) is 12.0 Å². The van der Waals surface area contributed by atoms with Crippen molar-refractivity contribution in [3.05, 3.63) is 24.1 Å². The highest BCUT2D eigenvalue weighted by molar-refractivity contribution is 5.68. The molecule has 1 fully saturated rings. The van der Waals surface area contributed by atoms with E-state index in [1.54, 1.807) is 12.0 Å². The van der Waals surface area contributed by atoms with Crippen molar-refractivity contribution in [1.82, 2.24) is 15.0 Å². The molecule has 29 heavy (non-hydrogen) atoms. The zero-order valence-corrected chi connectivity index (χ0v) is 17.7. The average molecular weight is 403 g/mol. The van der Waals surface area contributed by atoms with Crippen molar-refractivity contribution in [2.45, 2.75) is 52.1 Å². The first-order chi connectivity index (χ1) is 13.8. The summed E-state index contributed by atoms with van der Waals surface area (Å²) in [5, 5.41) is 4.13. The number of benzene rings is 1. The van der Waals surface area contributed by atoms with Crippen molar-refractivity contribution >= 4 is 6.09 Å². The Balaban J connectivity index is 1.65. The van der Waals surface area contributed by atoms with E-state index in [1.807, 2.05) is 45.9 Å². The summed E-state index contributed by atoms with van der Waals surface area (Å²) in [7, 11) is 1.60. The van der Waals surface area contributed by atoms with Crippen LogP contribution in [0, 0.1) is 0 Å². The Morgan fingerprint density at radius 3 is 2.59 bits per heavy atom. The minimum atomic E-state index is -0.492. The molecule has 0 aliphatic carbocycles. The molecule has 8 nitrogen and oxygen atoms in total. The van der Waals surface area contributed by atoms with E-state index in [0.717, 1.165) is 18.4 Å². The van der Waals surface area contributed by atoms with Gasteiger partial charge in [0.25, 0.3) is 0 Å². The summed E-state index contributed by atoms with van der Waals surface area (Å²) < 4.78 is 21.9. The fourth-order valence-electron chi connectivity index (χ4n) is 3.24. The Bertz CT molecular complexity index is 835. The van der Waals surface area contributed by atoms with Crippen LogP contribution in [0.3, 0.4) is 0 Å². The molecule has 1 aromatic heterocycles. The van der Waals surface area contributed by atoms with Crippen LogP contribution in [-0.4, -0.2) is 53.5 Å². The average Bonchev–Trinajstić information content (AvgIpc) is 3.17. The summed E-state index contributed by atoms with van der Waals surface area (Å²) in [6.45, 7) is 9.30. The highest BCUT2D eigenvalue weighted by Gasteiger charge is 2.30. The number of hydrogen-bond donors (Lipinski definition) is 0. The first kappa shape index (κ1) is 21.0. The number of piperidine rings is 1. The fraction of sp³-hybridized carbons (Fsp3) is 0.571. The molecule has 8 heteroatoms. The Hall–Kier alpha value is -2.77. The lowest BCUT2D eigenvalue weighted by Gasteiger charge is -2.32. The smallest absolute Gasteiger partial charge is 0.410 e. The van der Waals surface area contributed by atoms with Crippen molar-refractivity contribution in [1.29, 1.82) is 0 Å². The fourth-order valence-corrected chi connectivity index (χ4v) is 3.24. The summed E-state index contributed by atoms with van der Waals surface area (Å²) in [5.74, 6) is 2.53. The second-order valence-electron chi connectivity index (χ2n) is 8.00. The van der Waals surface area contributed by atoms with Gasteiger partial charge >= 0.3 is 6.09 Å². The Kier molecular flexibility index (Phi) is 6.30. The van der Waals surface area contributed by atoms with Gasteiger partial charge in [-0.1, -0.05) is 5.16 Å². The molecule has 1 saturated heterocycles. The van der Waals surface area contributed by atoms with E-state index in [1.165, 1.54) is 0 Å². The highest BCUT2D eigenvalue weighted by atomic mass is 16.6. The first-order valence-corrected chi connectivity index (χ1v) is 9.93. The van der Waals surface area contributed by atoms with E-state index >= 15 is 0 Å².